The molecule has 1 saturated carbocycles. The molecule has 1 atom stereocenters. The maximum atomic E-state index is 13.9. The molecule has 2 heteroatoms. The van der Waals surface area contributed by atoms with Crippen molar-refractivity contribution in [2.45, 2.75) is 64.7 Å². The second-order valence-electron chi connectivity index (χ2n) is 7.43. The van der Waals surface area contributed by atoms with Gasteiger partial charge in [-0.1, -0.05) is 44.7 Å². The summed E-state index contributed by atoms with van der Waals surface area (Å²) in [6.45, 7) is 2.28. The van der Waals surface area contributed by atoms with Crippen LogP contribution in [0, 0.1) is 29.4 Å². The van der Waals surface area contributed by atoms with Crippen LogP contribution >= 0.6 is 0 Å². The van der Waals surface area contributed by atoms with Crippen LogP contribution in [0.3, 0.4) is 0 Å². The lowest BCUT2D eigenvalue weighted by Gasteiger charge is -2.35. The molecule has 0 nitrogen and oxygen atoms in total. The molecule has 0 N–H and O–H groups in total. The number of hydrogen-bond acceptors (Lipinski definition) is 0. The smallest absolute Gasteiger partial charge is 0.133 e. The van der Waals surface area contributed by atoms with Crippen molar-refractivity contribution in [1.29, 1.82) is 0 Å². The summed E-state index contributed by atoms with van der Waals surface area (Å²) in [5, 5.41) is 0. The molecule has 0 amide bonds. The normalized spacial score (nSPS) is 28.5. The average molecular weight is 318 g/mol. The minimum absolute atomic E-state index is 0.206. The highest BCUT2D eigenvalue weighted by Gasteiger charge is 2.29. The van der Waals surface area contributed by atoms with Crippen molar-refractivity contribution in [1.82, 2.24) is 0 Å². The number of hydrogen-bond donors (Lipinski definition) is 0. The zero-order valence-electron chi connectivity index (χ0n) is 14.2. The molecule has 1 aromatic rings. The molecule has 0 spiro atoms. The second-order valence-corrected chi connectivity index (χ2v) is 7.43. The third kappa shape index (κ3) is 3.84. The van der Waals surface area contributed by atoms with Crippen molar-refractivity contribution in [3.8, 4) is 0 Å². The SMILES string of the molecule is CCCC1CCC(C2CC=C(c3c(F)cccc3F)CC2)CC1. The van der Waals surface area contributed by atoms with Crippen molar-refractivity contribution in [2.24, 2.45) is 17.8 Å². The van der Waals surface area contributed by atoms with Crippen LogP contribution in [0.15, 0.2) is 24.3 Å². The molecule has 2 aliphatic carbocycles. The predicted molar refractivity (Wildman–Crippen MR) is 92.0 cm³/mol. The molecule has 2 aliphatic rings. The van der Waals surface area contributed by atoms with Gasteiger partial charge in [-0.05, 0) is 67.6 Å². The van der Waals surface area contributed by atoms with Gasteiger partial charge in [-0.15, -0.1) is 0 Å². The van der Waals surface area contributed by atoms with Gasteiger partial charge in [0.05, 0.1) is 0 Å². The number of rotatable bonds is 4. The Kier molecular flexibility index (Phi) is 5.50. The highest BCUT2D eigenvalue weighted by molar-refractivity contribution is 5.67. The van der Waals surface area contributed by atoms with E-state index in [1.165, 1.54) is 56.7 Å². The van der Waals surface area contributed by atoms with Gasteiger partial charge in [0.25, 0.3) is 0 Å². The van der Waals surface area contributed by atoms with Crippen LogP contribution in [-0.4, -0.2) is 0 Å². The van der Waals surface area contributed by atoms with Crippen molar-refractivity contribution >= 4 is 5.57 Å². The van der Waals surface area contributed by atoms with Crippen molar-refractivity contribution < 1.29 is 8.78 Å². The van der Waals surface area contributed by atoms with E-state index < -0.39 is 11.6 Å². The molecule has 0 saturated heterocycles. The lowest BCUT2D eigenvalue weighted by atomic mass is 9.70. The van der Waals surface area contributed by atoms with E-state index in [9.17, 15) is 8.78 Å². The highest BCUT2D eigenvalue weighted by atomic mass is 19.1. The standard InChI is InChI=1S/C21H28F2/c1-2-4-15-7-9-16(10-8-15)17-11-13-18(14-12-17)21-19(22)5-3-6-20(21)23/h3,5-6,13,15-17H,2,4,7-12,14H2,1H3. The van der Waals surface area contributed by atoms with Crippen LogP contribution in [-0.2, 0) is 0 Å². The Morgan fingerprint density at radius 1 is 0.957 bits per heavy atom. The quantitative estimate of drug-likeness (QED) is 0.575. The molecule has 1 unspecified atom stereocenters. The molecule has 0 heterocycles. The molecule has 23 heavy (non-hydrogen) atoms. The summed E-state index contributed by atoms with van der Waals surface area (Å²) in [5.41, 5.74) is 1.08. The van der Waals surface area contributed by atoms with Crippen molar-refractivity contribution in [3.63, 3.8) is 0 Å². The van der Waals surface area contributed by atoms with Crippen LogP contribution in [0.4, 0.5) is 8.78 Å². The molecule has 1 aromatic carbocycles. The Morgan fingerprint density at radius 2 is 1.65 bits per heavy atom. The Balaban J connectivity index is 1.61. The molecule has 0 radical (unpaired) electrons. The Hall–Kier alpha value is -1.18. The summed E-state index contributed by atoms with van der Waals surface area (Å²) in [6.07, 6.45) is 13.2. The highest BCUT2D eigenvalue weighted by Crippen LogP contribution is 2.42. The number of benzene rings is 1. The minimum atomic E-state index is -0.422. The number of allylic oxidation sites excluding steroid dienone is 2. The monoisotopic (exact) mass is 318 g/mol. The van der Waals surface area contributed by atoms with Gasteiger partial charge in [-0.25, -0.2) is 8.78 Å². The van der Waals surface area contributed by atoms with Gasteiger partial charge in [-0.3, -0.25) is 0 Å². The summed E-state index contributed by atoms with van der Waals surface area (Å²) in [6, 6.07) is 4.16. The van der Waals surface area contributed by atoms with Crippen molar-refractivity contribution in [3.05, 3.63) is 41.5 Å². The van der Waals surface area contributed by atoms with Gasteiger partial charge in [0.2, 0.25) is 0 Å². The Bertz CT molecular complexity index is 533. The fourth-order valence-electron chi connectivity index (χ4n) is 4.67. The molecular formula is C21H28F2. The molecule has 0 aliphatic heterocycles. The third-order valence-corrected chi connectivity index (χ3v) is 5.99. The van der Waals surface area contributed by atoms with Gasteiger partial charge in [0, 0.05) is 5.56 Å². The Morgan fingerprint density at radius 3 is 2.22 bits per heavy atom. The van der Waals surface area contributed by atoms with Crippen molar-refractivity contribution in [2.75, 3.05) is 0 Å². The molecule has 0 aromatic heterocycles. The Labute approximate surface area is 139 Å². The lowest BCUT2D eigenvalue weighted by molar-refractivity contribution is 0.189. The first kappa shape index (κ1) is 16.7. The summed E-state index contributed by atoms with van der Waals surface area (Å²) in [4.78, 5) is 0. The van der Waals surface area contributed by atoms with Gasteiger partial charge in [0.15, 0.2) is 0 Å². The van der Waals surface area contributed by atoms with E-state index in [-0.39, 0.29) is 5.56 Å². The first-order valence-electron chi connectivity index (χ1n) is 9.32. The fraction of sp³-hybridized carbons (Fsp3) is 0.619. The maximum Gasteiger partial charge on any atom is 0.133 e. The van der Waals surface area contributed by atoms with Gasteiger partial charge >= 0.3 is 0 Å². The second kappa shape index (κ2) is 7.59. The van der Waals surface area contributed by atoms with Gasteiger partial charge < -0.3 is 0 Å². The van der Waals surface area contributed by atoms with E-state index >= 15 is 0 Å². The van der Waals surface area contributed by atoms with Crippen LogP contribution in [0.5, 0.6) is 0 Å². The topological polar surface area (TPSA) is 0 Å². The summed E-state index contributed by atoms with van der Waals surface area (Å²) in [5.74, 6) is 1.64. The van der Waals surface area contributed by atoms with E-state index in [1.807, 2.05) is 0 Å². The van der Waals surface area contributed by atoms with E-state index in [4.69, 9.17) is 0 Å². The molecular weight excluding hydrogens is 290 g/mol. The van der Waals surface area contributed by atoms with Crippen LogP contribution < -0.4 is 0 Å². The summed E-state index contributed by atoms with van der Waals surface area (Å²) >= 11 is 0. The molecule has 126 valence electrons. The van der Waals surface area contributed by atoms with E-state index in [0.717, 1.165) is 42.6 Å². The zero-order chi connectivity index (χ0) is 16.2. The molecule has 0 bridgehead atoms. The van der Waals surface area contributed by atoms with Crippen LogP contribution in [0.1, 0.15) is 70.3 Å². The summed E-state index contributed by atoms with van der Waals surface area (Å²) < 4.78 is 27.8. The average Bonchev–Trinajstić information content (AvgIpc) is 2.56. The number of halogens is 2. The molecule has 3 rings (SSSR count). The van der Waals surface area contributed by atoms with Crippen LogP contribution in [0.2, 0.25) is 0 Å². The zero-order valence-corrected chi connectivity index (χ0v) is 14.2. The summed E-state index contributed by atoms with van der Waals surface area (Å²) in [7, 11) is 0. The fourth-order valence-corrected chi connectivity index (χ4v) is 4.67. The first-order chi connectivity index (χ1) is 11.2. The van der Waals surface area contributed by atoms with E-state index in [1.54, 1.807) is 0 Å². The van der Waals surface area contributed by atoms with E-state index in [2.05, 4.69) is 13.0 Å². The minimum Gasteiger partial charge on any atom is -0.206 e. The van der Waals surface area contributed by atoms with Crippen LogP contribution in [0.25, 0.3) is 5.57 Å². The molecule has 1 fully saturated rings. The first-order valence-corrected chi connectivity index (χ1v) is 9.32. The maximum absolute atomic E-state index is 13.9. The van der Waals surface area contributed by atoms with Gasteiger partial charge in [-0.2, -0.15) is 0 Å². The lowest BCUT2D eigenvalue weighted by Crippen LogP contribution is -2.23. The third-order valence-electron chi connectivity index (χ3n) is 5.99. The predicted octanol–water partition coefficient (Wildman–Crippen LogP) is 6.75. The van der Waals surface area contributed by atoms with E-state index in [0.29, 0.717) is 0 Å². The van der Waals surface area contributed by atoms with Gasteiger partial charge in [0.1, 0.15) is 11.6 Å². The largest absolute Gasteiger partial charge is 0.206 e.